The van der Waals surface area contributed by atoms with Crippen LogP contribution in [0.1, 0.15) is 21.3 Å². The van der Waals surface area contributed by atoms with Crippen molar-refractivity contribution in [3.8, 4) is 0 Å². The molecule has 1 unspecified atom stereocenters. The lowest BCUT2D eigenvalue weighted by Crippen LogP contribution is -2.31. The molecule has 2 heterocycles. The van der Waals surface area contributed by atoms with Crippen LogP contribution in [0.15, 0.2) is 35.7 Å². The van der Waals surface area contributed by atoms with Gasteiger partial charge in [0.1, 0.15) is 6.04 Å². The molecule has 1 aromatic carbocycles. The maximum atomic E-state index is 12.0. The Morgan fingerprint density at radius 1 is 1.26 bits per heavy atom. The highest BCUT2D eigenvalue weighted by molar-refractivity contribution is 7.10. The van der Waals surface area contributed by atoms with Gasteiger partial charge in [-0.2, -0.15) is 0 Å². The normalized spacial score (nSPS) is 17.3. The van der Waals surface area contributed by atoms with E-state index in [-0.39, 0.29) is 11.5 Å². The number of benzene rings is 1. The number of carbonyl (C=O) groups is 2. The number of hydrogen-bond donors (Lipinski definition) is 3. The molecule has 0 spiro atoms. The molecular formula is C13H10N2O3S. The lowest BCUT2D eigenvalue weighted by molar-refractivity contribution is -0.117. The number of carboxylic acids is 1. The average Bonchev–Trinajstić information content (AvgIpc) is 2.90. The molecule has 0 saturated heterocycles. The van der Waals surface area contributed by atoms with Crippen LogP contribution in [0.2, 0.25) is 0 Å². The predicted octanol–water partition coefficient (Wildman–Crippen LogP) is 2.55. The summed E-state index contributed by atoms with van der Waals surface area (Å²) in [6.07, 6.45) is 0. The standard InChI is InChI=1S/C13H10N2O3S/c16-12-11(10-2-1-5-19-10)14-8-4-3-7(13(17)18)6-9(8)15-12/h1-6,11,14H,(H,15,16)(H,17,18). The van der Waals surface area contributed by atoms with Gasteiger partial charge in [0.2, 0.25) is 0 Å². The van der Waals surface area contributed by atoms with Crippen LogP contribution in [-0.4, -0.2) is 17.0 Å². The second-order valence-corrected chi connectivity index (χ2v) is 5.13. The van der Waals surface area contributed by atoms with Gasteiger partial charge in [-0.05, 0) is 29.6 Å². The molecule has 0 fully saturated rings. The van der Waals surface area contributed by atoms with Gasteiger partial charge >= 0.3 is 5.97 Å². The Balaban J connectivity index is 1.96. The summed E-state index contributed by atoms with van der Waals surface area (Å²) >= 11 is 1.50. The Kier molecular flexibility index (Phi) is 2.72. The number of nitrogens with one attached hydrogen (secondary N) is 2. The van der Waals surface area contributed by atoms with Gasteiger partial charge < -0.3 is 15.7 Å². The molecule has 0 bridgehead atoms. The van der Waals surface area contributed by atoms with Crippen LogP contribution in [0.5, 0.6) is 0 Å². The first-order valence-electron chi connectivity index (χ1n) is 5.63. The Hall–Kier alpha value is -2.34. The van der Waals surface area contributed by atoms with Crippen LogP contribution < -0.4 is 10.6 Å². The highest BCUT2D eigenvalue weighted by Crippen LogP contribution is 2.34. The minimum atomic E-state index is -1.02. The fraction of sp³-hybridized carbons (Fsp3) is 0.0769. The fourth-order valence-electron chi connectivity index (χ4n) is 1.99. The zero-order valence-electron chi connectivity index (χ0n) is 9.71. The number of anilines is 2. The average molecular weight is 274 g/mol. The first-order valence-corrected chi connectivity index (χ1v) is 6.51. The molecule has 1 aromatic heterocycles. The molecule has 0 aliphatic carbocycles. The number of amides is 1. The number of aromatic carboxylic acids is 1. The predicted molar refractivity (Wildman–Crippen MR) is 72.7 cm³/mol. The van der Waals surface area contributed by atoms with Crippen molar-refractivity contribution < 1.29 is 14.7 Å². The van der Waals surface area contributed by atoms with E-state index in [0.29, 0.717) is 5.69 Å². The lowest BCUT2D eigenvalue weighted by atomic mass is 10.1. The summed E-state index contributed by atoms with van der Waals surface area (Å²) in [5.41, 5.74) is 1.37. The molecule has 1 atom stereocenters. The van der Waals surface area contributed by atoms with E-state index in [4.69, 9.17) is 5.11 Å². The van der Waals surface area contributed by atoms with Gasteiger partial charge in [0.25, 0.3) is 5.91 Å². The largest absolute Gasteiger partial charge is 0.478 e. The van der Waals surface area contributed by atoms with Crippen LogP contribution in [0.3, 0.4) is 0 Å². The van der Waals surface area contributed by atoms with Crippen LogP contribution >= 0.6 is 11.3 Å². The van der Waals surface area contributed by atoms with E-state index < -0.39 is 12.0 Å². The Labute approximate surface area is 112 Å². The molecule has 2 aromatic rings. The highest BCUT2D eigenvalue weighted by Gasteiger charge is 2.27. The SMILES string of the molecule is O=C(O)c1ccc2c(c1)NC(=O)C(c1cccs1)N2. The molecular weight excluding hydrogens is 264 g/mol. The second-order valence-electron chi connectivity index (χ2n) is 4.15. The molecule has 3 N–H and O–H groups in total. The summed E-state index contributed by atoms with van der Waals surface area (Å²) in [6, 6.07) is 7.97. The Morgan fingerprint density at radius 3 is 2.79 bits per heavy atom. The Bertz CT molecular complexity index is 652. The highest BCUT2D eigenvalue weighted by atomic mass is 32.1. The summed E-state index contributed by atoms with van der Waals surface area (Å²) in [5, 5.41) is 16.7. The van der Waals surface area contributed by atoms with Crippen LogP contribution in [0, 0.1) is 0 Å². The number of thiophene rings is 1. The number of carbonyl (C=O) groups excluding carboxylic acids is 1. The summed E-state index contributed by atoms with van der Waals surface area (Å²) < 4.78 is 0. The van der Waals surface area contributed by atoms with E-state index in [1.165, 1.54) is 23.5 Å². The minimum absolute atomic E-state index is 0.149. The lowest BCUT2D eigenvalue weighted by Gasteiger charge is -2.26. The molecule has 0 saturated carbocycles. The maximum Gasteiger partial charge on any atom is 0.335 e. The van der Waals surface area contributed by atoms with Crippen molar-refractivity contribution in [1.29, 1.82) is 0 Å². The number of fused-ring (bicyclic) bond motifs is 1. The van der Waals surface area contributed by atoms with Crippen molar-refractivity contribution in [2.24, 2.45) is 0 Å². The van der Waals surface area contributed by atoms with Gasteiger partial charge in [0.15, 0.2) is 0 Å². The molecule has 3 rings (SSSR count). The fourth-order valence-corrected chi connectivity index (χ4v) is 2.76. The van der Waals surface area contributed by atoms with Crippen molar-refractivity contribution in [3.63, 3.8) is 0 Å². The number of hydrogen-bond acceptors (Lipinski definition) is 4. The zero-order valence-corrected chi connectivity index (χ0v) is 10.5. The molecule has 1 aliphatic heterocycles. The van der Waals surface area contributed by atoms with Crippen LogP contribution in [-0.2, 0) is 4.79 Å². The third-order valence-corrected chi connectivity index (χ3v) is 3.85. The topological polar surface area (TPSA) is 78.4 Å². The van der Waals surface area contributed by atoms with E-state index in [2.05, 4.69) is 10.6 Å². The van der Waals surface area contributed by atoms with Gasteiger partial charge in [0.05, 0.1) is 16.9 Å². The molecule has 1 aliphatic rings. The van der Waals surface area contributed by atoms with Crippen molar-refractivity contribution in [2.45, 2.75) is 6.04 Å². The van der Waals surface area contributed by atoms with Crippen LogP contribution in [0.25, 0.3) is 0 Å². The zero-order chi connectivity index (χ0) is 13.4. The van der Waals surface area contributed by atoms with E-state index in [0.717, 1.165) is 10.6 Å². The smallest absolute Gasteiger partial charge is 0.335 e. The van der Waals surface area contributed by atoms with Crippen molar-refractivity contribution in [3.05, 3.63) is 46.2 Å². The molecule has 5 nitrogen and oxygen atoms in total. The van der Waals surface area contributed by atoms with E-state index in [1.807, 2.05) is 17.5 Å². The monoisotopic (exact) mass is 274 g/mol. The quantitative estimate of drug-likeness (QED) is 0.786. The summed E-state index contributed by atoms with van der Waals surface area (Å²) in [5.74, 6) is -1.20. The maximum absolute atomic E-state index is 12.0. The second kappa shape index (κ2) is 4.40. The summed E-state index contributed by atoms with van der Waals surface area (Å²) in [6.45, 7) is 0. The first kappa shape index (κ1) is 11.7. The molecule has 1 amide bonds. The van der Waals surface area contributed by atoms with Gasteiger partial charge in [-0.1, -0.05) is 6.07 Å². The van der Waals surface area contributed by atoms with E-state index in [1.54, 1.807) is 6.07 Å². The van der Waals surface area contributed by atoms with Crippen molar-refractivity contribution >= 4 is 34.6 Å². The van der Waals surface area contributed by atoms with Crippen molar-refractivity contribution in [1.82, 2.24) is 0 Å². The summed E-state index contributed by atoms with van der Waals surface area (Å²) in [4.78, 5) is 23.8. The molecule has 19 heavy (non-hydrogen) atoms. The third kappa shape index (κ3) is 2.06. The Morgan fingerprint density at radius 2 is 2.11 bits per heavy atom. The van der Waals surface area contributed by atoms with Crippen LogP contribution in [0.4, 0.5) is 11.4 Å². The molecule has 0 radical (unpaired) electrons. The van der Waals surface area contributed by atoms with Gasteiger partial charge in [-0.25, -0.2) is 4.79 Å². The van der Waals surface area contributed by atoms with Crippen molar-refractivity contribution in [2.75, 3.05) is 10.6 Å². The van der Waals surface area contributed by atoms with Gasteiger partial charge in [-0.15, -0.1) is 11.3 Å². The third-order valence-electron chi connectivity index (χ3n) is 2.91. The molecule has 96 valence electrons. The van der Waals surface area contributed by atoms with E-state index >= 15 is 0 Å². The summed E-state index contributed by atoms with van der Waals surface area (Å²) in [7, 11) is 0. The number of carboxylic acid groups (broad SMARTS) is 1. The first-order chi connectivity index (χ1) is 9.15. The van der Waals surface area contributed by atoms with Gasteiger partial charge in [0, 0.05) is 4.88 Å². The van der Waals surface area contributed by atoms with E-state index in [9.17, 15) is 9.59 Å². The minimum Gasteiger partial charge on any atom is -0.478 e. The number of rotatable bonds is 2. The van der Waals surface area contributed by atoms with Gasteiger partial charge in [-0.3, -0.25) is 4.79 Å². The molecule has 6 heteroatoms.